The summed E-state index contributed by atoms with van der Waals surface area (Å²) in [6.45, 7) is 3.21. The summed E-state index contributed by atoms with van der Waals surface area (Å²) in [7, 11) is -3.20. The van der Waals surface area contributed by atoms with E-state index in [1.165, 1.54) is 0 Å². The molecule has 5 nitrogen and oxygen atoms in total. The number of nitrogens with one attached hydrogen (secondary N) is 2. The van der Waals surface area contributed by atoms with Crippen LogP contribution in [0.15, 0.2) is 24.3 Å². The highest BCUT2D eigenvalue weighted by molar-refractivity contribution is 7.92. The van der Waals surface area contributed by atoms with E-state index in [2.05, 4.69) is 10.0 Å². The molecule has 0 bridgehead atoms. The predicted octanol–water partition coefficient (Wildman–Crippen LogP) is 2.04. The van der Waals surface area contributed by atoms with Crippen LogP contribution in [0, 0.1) is 0 Å². The van der Waals surface area contributed by atoms with E-state index in [0.29, 0.717) is 11.7 Å². The lowest BCUT2D eigenvalue weighted by Crippen LogP contribution is -2.27. The van der Waals surface area contributed by atoms with Gasteiger partial charge in [-0.15, -0.1) is 0 Å². The van der Waals surface area contributed by atoms with E-state index in [-0.39, 0.29) is 5.75 Å². The van der Waals surface area contributed by atoms with Gasteiger partial charge in [0.2, 0.25) is 10.0 Å². The van der Waals surface area contributed by atoms with Crippen molar-refractivity contribution in [2.24, 2.45) is 0 Å². The van der Waals surface area contributed by atoms with Gasteiger partial charge in [-0.2, -0.15) is 0 Å². The Morgan fingerprint density at radius 3 is 2.32 bits per heavy atom. The van der Waals surface area contributed by atoms with E-state index in [9.17, 15) is 8.42 Å². The Hall–Kier alpha value is -1.27. The molecule has 0 spiro atoms. The average molecular weight is 284 g/mol. The molecule has 1 aliphatic rings. The van der Waals surface area contributed by atoms with Crippen molar-refractivity contribution in [3.05, 3.63) is 24.3 Å². The van der Waals surface area contributed by atoms with E-state index in [0.717, 1.165) is 31.7 Å². The highest BCUT2D eigenvalue weighted by Crippen LogP contribution is 2.18. The van der Waals surface area contributed by atoms with Crippen molar-refractivity contribution in [1.29, 1.82) is 0 Å². The Balaban J connectivity index is 1.94. The molecule has 19 heavy (non-hydrogen) atoms. The zero-order valence-electron chi connectivity index (χ0n) is 11.1. The smallest absolute Gasteiger partial charge is 0.232 e. The normalized spacial score (nSPS) is 17.1. The van der Waals surface area contributed by atoms with Gasteiger partial charge >= 0.3 is 0 Å². The minimum absolute atomic E-state index is 0.0784. The Morgan fingerprint density at radius 1 is 1.16 bits per heavy atom. The summed E-state index contributed by atoms with van der Waals surface area (Å²) in [5.41, 5.74) is 1.60. The van der Waals surface area contributed by atoms with Gasteiger partial charge in [-0.05, 0) is 44.0 Å². The van der Waals surface area contributed by atoms with Crippen LogP contribution in [-0.2, 0) is 14.8 Å². The molecule has 0 amide bonds. The summed E-state index contributed by atoms with van der Waals surface area (Å²) in [6, 6.07) is 7.77. The van der Waals surface area contributed by atoms with Gasteiger partial charge in [0.15, 0.2) is 0 Å². The summed E-state index contributed by atoms with van der Waals surface area (Å²) in [4.78, 5) is 0. The molecule has 0 saturated carbocycles. The SMILES string of the molecule is CCS(=O)(=O)Nc1ccc(NC2CCOCC2)cc1. The summed E-state index contributed by atoms with van der Waals surface area (Å²) in [5, 5.41) is 3.43. The first-order chi connectivity index (χ1) is 9.09. The van der Waals surface area contributed by atoms with Crippen molar-refractivity contribution in [3.63, 3.8) is 0 Å². The number of hydrogen-bond acceptors (Lipinski definition) is 4. The molecule has 0 atom stereocenters. The van der Waals surface area contributed by atoms with Crippen molar-refractivity contribution in [1.82, 2.24) is 0 Å². The zero-order chi connectivity index (χ0) is 13.7. The fraction of sp³-hybridized carbons (Fsp3) is 0.538. The molecule has 0 unspecified atom stereocenters. The zero-order valence-corrected chi connectivity index (χ0v) is 11.9. The molecule has 2 rings (SSSR count). The Labute approximate surface area is 114 Å². The molecule has 1 saturated heterocycles. The molecule has 0 aliphatic carbocycles. The lowest BCUT2D eigenvalue weighted by Gasteiger charge is -2.24. The predicted molar refractivity (Wildman–Crippen MR) is 77.0 cm³/mol. The molecule has 0 aromatic heterocycles. The van der Waals surface area contributed by atoms with Crippen LogP contribution in [0.25, 0.3) is 0 Å². The van der Waals surface area contributed by atoms with Crippen molar-refractivity contribution in [2.75, 3.05) is 29.0 Å². The molecule has 1 aliphatic heterocycles. The van der Waals surface area contributed by atoms with E-state index >= 15 is 0 Å². The summed E-state index contributed by atoms with van der Waals surface area (Å²) in [5.74, 6) is 0.0784. The molecule has 1 aromatic carbocycles. The largest absolute Gasteiger partial charge is 0.382 e. The van der Waals surface area contributed by atoms with Gasteiger partial charge in [0, 0.05) is 30.6 Å². The van der Waals surface area contributed by atoms with E-state index in [1.54, 1.807) is 19.1 Å². The minimum Gasteiger partial charge on any atom is -0.382 e. The highest BCUT2D eigenvalue weighted by atomic mass is 32.2. The number of rotatable bonds is 5. The fourth-order valence-corrected chi connectivity index (χ4v) is 2.60. The molecule has 1 aromatic rings. The summed E-state index contributed by atoms with van der Waals surface area (Å²) >= 11 is 0. The second-order valence-corrected chi connectivity index (χ2v) is 6.62. The van der Waals surface area contributed by atoms with Crippen molar-refractivity contribution in [3.8, 4) is 0 Å². The standard InChI is InChI=1S/C13H20N2O3S/c1-2-19(16,17)15-13-5-3-11(4-6-13)14-12-7-9-18-10-8-12/h3-6,12,14-15H,2,7-10H2,1H3. The van der Waals surface area contributed by atoms with E-state index < -0.39 is 10.0 Å². The maximum absolute atomic E-state index is 11.4. The lowest BCUT2D eigenvalue weighted by atomic mass is 10.1. The molecular formula is C13H20N2O3S. The molecule has 2 N–H and O–H groups in total. The third kappa shape index (κ3) is 4.40. The van der Waals surface area contributed by atoms with Crippen LogP contribution in [0.1, 0.15) is 19.8 Å². The van der Waals surface area contributed by atoms with Crippen LogP contribution in [0.5, 0.6) is 0 Å². The molecule has 6 heteroatoms. The maximum atomic E-state index is 11.4. The van der Waals surface area contributed by atoms with Crippen LogP contribution in [0.2, 0.25) is 0 Å². The monoisotopic (exact) mass is 284 g/mol. The van der Waals surface area contributed by atoms with Gasteiger partial charge in [0.1, 0.15) is 0 Å². The van der Waals surface area contributed by atoms with Crippen molar-refractivity contribution < 1.29 is 13.2 Å². The summed E-state index contributed by atoms with van der Waals surface area (Å²) < 4.78 is 30.7. The van der Waals surface area contributed by atoms with Crippen LogP contribution < -0.4 is 10.0 Å². The molecular weight excluding hydrogens is 264 g/mol. The molecule has 1 fully saturated rings. The van der Waals surface area contributed by atoms with Gasteiger partial charge in [0.25, 0.3) is 0 Å². The van der Waals surface area contributed by atoms with Gasteiger partial charge in [-0.1, -0.05) is 0 Å². The quantitative estimate of drug-likeness (QED) is 0.868. The molecule has 0 radical (unpaired) electrons. The Morgan fingerprint density at radius 2 is 1.74 bits per heavy atom. The first kappa shape index (κ1) is 14.1. The van der Waals surface area contributed by atoms with Crippen LogP contribution >= 0.6 is 0 Å². The number of hydrogen-bond donors (Lipinski definition) is 2. The second-order valence-electron chi connectivity index (χ2n) is 4.61. The van der Waals surface area contributed by atoms with E-state index in [4.69, 9.17) is 4.74 Å². The van der Waals surface area contributed by atoms with Crippen LogP contribution in [0.4, 0.5) is 11.4 Å². The molecule has 106 valence electrons. The van der Waals surface area contributed by atoms with Gasteiger partial charge < -0.3 is 10.1 Å². The third-order valence-corrected chi connectivity index (χ3v) is 4.44. The van der Waals surface area contributed by atoms with Gasteiger partial charge in [-0.25, -0.2) is 8.42 Å². The van der Waals surface area contributed by atoms with Crippen molar-refractivity contribution >= 4 is 21.4 Å². The maximum Gasteiger partial charge on any atom is 0.232 e. The average Bonchev–Trinajstić information content (AvgIpc) is 2.42. The highest BCUT2D eigenvalue weighted by Gasteiger charge is 2.13. The van der Waals surface area contributed by atoms with Crippen LogP contribution in [0.3, 0.4) is 0 Å². The minimum atomic E-state index is -3.20. The first-order valence-corrected chi connectivity index (χ1v) is 8.19. The topological polar surface area (TPSA) is 67.4 Å². The molecule has 1 heterocycles. The number of benzene rings is 1. The Kier molecular flexibility index (Phi) is 4.66. The van der Waals surface area contributed by atoms with E-state index in [1.807, 2.05) is 12.1 Å². The fourth-order valence-electron chi connectivity index (χ4n) is 1.96. The number of ether oxygens (including phenoxy) is 1. The third-order valence-electron chi connectivity index (χ3n) is 3.13. The second kappa shape index (κ2) is 6.25. The van der Waals surface area contributed by atoms with Gasteiger partial charge in [-0.3, -0.25) is 4.72 Å². The van der Waals surface area contributed by atoms with Gasteiger partial charge in [0.05, 0.1) is 5.75 Å². The lowest BCUT2D eigenvalue weighted by molar-refractivity contribution is 0.0904. The number of anilines is 2. The Bertz CT molecular complexity index is 493. The first-order valence-electron chi connectivity index (χ1n) is 6.54. The number of sulfonamides is 1. The van der Waals surface area contributed by atoms with Crippen LogP contribution in [-0.4, -0.2) is 33.4 Å². The summed E-state index contributed by atoms with van der Waals surface area (Å²) in [6.07, 6.45) is 2.01. The van der Waals surface area contributed by atoms with Crippen molar-refractivity contribution in [2.45, 2.75) is 25.8 Å².